The number of nitrogens with zero attached hydrogens (tertiary/aromatic N) is 1. The molecule has 0 aliphatic heterocycles. The molecule has 78 valence electrons. The Kier molecular flexibility index (Phi) is 5.71. The van der Waals surface area contributed by atoms with E-state index in [0.717, 1.165) is 17.3 Å². The average Bonchev–Trinajstić information content (AvgIpc) is 2.01. The Hall–Kier alpha value is -0.570. The van der Waals surface area contributed by atoms with E-state index >= 15 is 0 Å². The van der Waals surface area contributed by atoms with Crippen LogP contribution in [-0.2, 0) is 4.79 Å². The lowest BCUT2D eigenvalue weighted by atomic mass is 10.2. The molecule has 3 heteroatoms. The lowest BCUT2D eigenvalue weighted by Gasteiger charge is -2.23. The first kappa shape index (κ1) is 12.4. The monoisotopic (exact) mass is 187 g/mol. The van der Waals surface area contributed by atoms with Gasteiger partial charge in [-0.2, -0.15) is 0 Å². The number of quaternary nitrogens is 1. The zero-order valence-corrected chi connectivity index (χ0v) is 9.39. The molecule has 0 heterocycles. The predicted octanol–water partition coefficient (Wildman–Crippen LogP) is 0.999. The van der Waals surface area contributed by atoms with Gasteiger partial charge in [-0.15, -0.1) is 0 Å². The molecule has 0 saturated carbocycles. The third-order valence-electron chi connectivity index (χ3n) is 2.01. The van der Waals surface area contributed by atoms with Crippen LogP contribution < -0.4 is 5.32 Å². The van der Waals surface area contributed by atoms with E-state index in [1.165, 1.54) is 13.0 Å². The van der Waals surface area contributed by atoms with Crippen molar-refractivity contribution in [3.8, 4) is 0 Å². The molecule has 0 fully saturated rings. The van der Waals surface area contributed by atoms with Gasteiger partial charge in [0.25, 0.3) is 0 Å². The van der Waals surface area contributed by atoms with Crippen LogP contribution in [0.1, 0.15) is 25.7 Å². The number of rotatable bonds is 6. The molecule has 0 aliphatic carbocycles. The first-order chi connectivity index (χ1) is 5.95. The smallest absolute Gasteiger partial charge is 0.219 e. The van der Waals surface area contributed by atoms with Crippen molar-refractivity contribution in [3.05, 3.63) is 0 Å². The number of carbonyl (C=O) groups excluding carboxylic acids is 1. The molecule has 0 rings (SSSR count). The van der Waals surface area contributed by atoms with Crippen molar-refractivity contribution >= 4 is 5.91 Å². The van der Waals surface area contributed by atoms with Crippen LogP contribution in [0.4, 0.5) is 0 Å². The second kappa shape index (κ2) is 5.97. The Bertz CT molecular complexity index is 149. The van der Waals surface area contributed by atoms with Gasteiger partial charge in [-0.3, -0.25) is 4.79 Å². The second-order valence-corrected chi connectivity index (χ2v) is 4.50. The molecule has 0 unspecified atom stereocenters. The SMILES string of the molecule is CNC(=O)CCCCC[N+](C)(C)C. The van der Waals surface area contributed by atoms with E-state index in [1.807, 2.05) is 0 Å². The molecule has 0 atom stereocenters. The van der Waals surface area contributed by atoms with Crippen molar-refractivity contribution in [2.24, 2.45) is 0 Å². The quantitative estimate of drug-likeness (QED) is 0.488. The molecule has 0 aromatic rings. The van der Waals surface area contributed by atoms with Crippen LogP contribution in [0.25, 0.3) is 0 Å². The Labute approximate surface area is 81.7 Å². The maximum atomic E-state index is 10.9. The molecule has 0 aromatic heterocycles. The average molecular weight is 187 g/mol. The van der Waals surface area contributed by atoms with E-state index in [9.17, 15) is 4.79 Å². The zero-order valence-electron chi connectivity index (χ0n) is 9.39. The van der Waals surface area contributed by atoms with Gasteiger partial charge in [-0.05, 0) is 19.3 Å². The van der Waals surface area contributed by atoms with Crippen molar-refractivity contribution in [2.75, 3.05) is 34.7 Å². The van der Waals surface area contributed by atoms with Gasteiger partial charge in [0.2, 0.25) is 5.91 Å². The minimum absolute atomic E-state index is 0.158. The summed E-state index contributed by atoms with van der Waals surface area (Å²) in [5, 5.41) is 2.63. The van der Waals surface area contributed by atoms with E-state index in [2.05, 4.69) is 26.5 Å². The van der Waals surface area contributed by atoms with Crippen LogP contribution in [0, 0.1) is 0 Å². The topological polar surface area (TPSA) is 29.1 Å². The first-order valence-corrected chi connectivity index (χ1v) is 4.97. The summed E-state index contributed by atoms with van der Waals surface area (Å²) in [5.74, 6) is 0.158. The fourth-order valence-electron chi connectivity index (χ4n) is 1.17. The number of hydrogen-bond donors (Lipinski definition) is 1. The summed E-state index contributed by atoms with van der Waals surface area (Å²) in [6, 6.07) is 0. The van der Waals surface area contributed by atoms with Crippen molar-refractivity contribution < 1.29 is 9.28 Å². The van der Waals surface area contributed by atoms with Gasteiger partial charge in [0, 0.05) is 13.5 Å². The van der Waals surface area contributed by atoms with E-state index < -0.39 is 0 Å². The van der Waals surface area contributed by atoms with Crippen molar-refractivity contribution in [1.82, 2.24) is 5.32 Å². The fourth-order valence-corrected chi connectivity index (χ4v) is 1.17. The van der Waals surface area contributed by atoms with Crippen molar-refractivity contribution in [1.29, 1.82) is 0 Å². The summed E-state index contributed by atoms with van der Waals surface area (Å²) in [6.07, 6.45) is 4.05. The van der Waals surface area contributed by atoms with Crippen LogP contribution in [-0.4, -0.2) is 45.1 Å². The Balaban J connectivity index is 3.22. The molecule has 0 aliphatic rings. The minimum Gasteiger partial charge on any atom is -0.359 e. The molecule has 0 bridgehead atoms. The van der Waals surface area contributed by atoms with E-state index in [0.29, 0.717) is 6.42 Å². The summed E-state index contributed by atoms with van der Waals surface area (Å²) in [4.78, 5) is 10.9. The summed E-state index contributed by atoms with van der Waals surface area (Å²) in [5.41, 5.74) is 0. The lowest BCUT2D eigenvalue weighted by molar-refractivity contribution is -0.870. The summed E-state index contributed by atoms with van der Waals surface area (Å²) >= 11 is 0. The molecule has 1 amide bonds. The summed E-state index contributed by atoms with van der Waals surface area (Å²) < 4.78 is 1.01. The maximum absolute atomic E-state index is 10.9. The molecule has 1 N–H and O–H groups in total. The van der Waals surface area contributed by atoms with E-state index in [1.54, 1.807) is 7.05 Å². The Morgan fingerprint density at radius 1 is 1.15 bits per heavy atom. The third-order valence-corrected chi connectivity index (χ3v) is 2.01. The molecular weight excluding hydrogens is 164 g/mol. The first-order valence-electron chi connectivity index (χ1n) is 4.97. The number of nitrogens with one attached hydrogen (secondary N) is 1. The standard InChI is InChI=1S/C10H22N2O/c1-11-10(13)8-6-5-7-9-12(2,3)4/h5-9H2,1-4H3/p+1. The minimum atomic E-state index is 0.158. The van der Waals surface area contributed by atoms with E-state index in [-0.39, 0.29) is 5.91 Å². The van der Waals surface area contributed by atoms with Crippen LogP contribution in [0.2, 0.25) is 0 Å². The summed E-state index contributed by atoms with van der Waals surface area (Å²) in [6.45, 7) is 1.19. The number of unbranched alkanes of at least 4 members (excludes halogenated alkanes) is 2. The van der Waals surface area contributed by atoms with Crippen LogP contribution in [0.15, 0.2) is 0 Å². The van der Waals surface area contributed by atoms with Gasteiger partial charge >= 0.3 is 0 Å². The van der Waals surface area contributed by atoms with Crippen molar-refractivity contribution in [2.45, 2.75) is 25.7 Å². The second-order valence-electron chi connectivity index (χ2n) is 4.50. The lowest BCUT2D eigenvalue weighted by Crippen LogP contribution is -2.35. The van der Waals surface area contributed by atoms with Crippen molar-refractivity contribution in [3.63, 3.8) is 0 Å². The molecule has 3 nitrogen and oxygen atoms in total. The highest BCUT2D eigenvalue weighted by molar-refractivity contribution is 5.75. The van der Waals surface area contributed by atoms with Gasteiger partial charge < -0.3 is 9.80 Å². The Morgan fingerprint density at radius 2 is 1.77 bits per heavy atom. The van der Waals surface area contributed by atoms with Crippen LogP contribution in [0.3, 0.4) is 0 Å². The van der Waals surface area contributed by atoms with Crippen LogP contribution >= 0.6 is 0 Å². The molecular formula is C10H23N2O+. The van der Waals surface area contributed by atoms with Gasteiger partial charge in [-0.1, -0.05) is 0 Å². The van der Waals surface area contributed by atoms with Gasteiger partial charge in [0.1, 0.15) is 0 Å². The Morgan fingerprint density at radius 3 is 2.23 bits per heavy atom. The number of hydrogen-bond acceptors (Lipinski definition) is 1. The summed E-state index contributed by atoms with van der Waals surface area (Å²) in [7, 11) is 8.27. The largest absolute Gasteiger partial charge is 0.359 e. The van der Waals surface area contributed by atoms with Crippen LogP contribution in [0.5, 0.6) is 0 Å². The highest BCUT2D eigenvalue weighted by atomic mass is 16.1. The molecule has 13 heavy (non-hydrogen) atoms. The molecule has 0 saturated heterocycles. The predicted molar refractivity (Wildman–Crippen MR) is 55.4 cm³/mol. The maximum Gasteiger partial charge on any atom is 0.219 e. The number of amides is 1. The molecule has 0 radical (unpaired) electrons. The van der Waals surface area contributed by atoms with Gasteiger partial charge in [-0.25, -0.2) is 0 Å². The fraction of sp³-hybridized carbons (Fsp3) is 0.900. The van der Waals surface area contributed by atoms with E-state index in [4.69, 9.17) is 0 Å². The normalized spacial score (nSPS) is 11.4. The third kappa shape index (κ3) is 9.34. The number of carbonyl (C=O) groups is 1. The molecule has 0 spiro atoms. The van der Waals surface area contributed by atoms with Gasteiger partial charge in [0.15, 0.2) is 0 Å². The van der Waals surface area contributed by atoms with Gasteiger partial charge in [0.05, 0.1) is 27.7 Å². The molecule has 0 aromatic carbocycles. The highest BCUT2D eigenvalue weighted by Gasteiger charge is 2.05. The highest BCUT2D eigenvalue weighted by Crippen LogP contribution is 2.02. The zero-order chi connectivity index (χ0) is 10.3.